The van der Waals surface area contributed by atoms with E-state index in [1.807, 2.05) is 0 Å². The van der Waals surface area contributed by atoms with E-state index in [2.05, 4.69) is 15.5 Å². The maximum absolute atomic E-state index is 13.4. The Balaban J connectivity index is 1.73. The van der Waals surface area contributed by atoms with Crippen LogP contribution in [0.5, 0.6) is 0 Å². The van der Waals surface area contributed by atoms with Crippen molar-refractivity contribution < 1.29 is 13.6 Å². The van der Waals surface area contributed by atoms with Crippen LogP contribution in [0.3, 0.4) is 0 Å². The average molecular weight is 431 g/mol. The largest absolute Gasteiger partial charge is 0.347 e. The number of hydrogen-bond acceptors (Lipinski definition) is 4. The molecule has 1 amide bonds. The van der Waals surface area contributed by atoms with Crippen molar-refractivity contribution in [2.45, 2.75) is 12.5 Å². The van der Waals surface area contributed by atoms with Crippen LogP contribution in [0.15, 0.2) is 30.5 Å². The molecule has 0 saturated heterocycles. The van der Waals surface area contributed by atoms with Gasteiger partial charge in [0.2, 0.25) is 0 Å². The number of hydrogen-bond donors (Lipinski definition) is 3. The highest BCUT2D eigenvalue weighted by molar-refractivity contribution is 7.18. The SMILES string of the molecule is NCC(Cc1ccc(F)c(F)c1)NC(=O)c1cc(-c2cn[nH]c2Cl)c(Cl)s1. The number of aromatic amines is 1. The Morgan fingerprint density at radius 2 is 2.04 bits per heavy atom. The molecule has 0 aliphatic rings. The molecular weight excluding hydrogens is 417 g/mol. The standard InChI is InChI=1S/C17H14Cl2F2N4OS/c18-15-11(7-23-25-15)10-5-14(27-16(10)19)17(26)24-9(6-22)3-8-1-2-12(20)13(21)4-8/h1-2,4-5,7,9H,3,6,22H2,(H,23,25)(H,24,26). The number of H-pyrrole nitrogens is 1. The highest BCUT2D eigenvalue weighted by Gasteiger charge is 2.20. The van der Waals surface area contributed by atoms with Gasteiger partial charge >= 0.3 is 0 Å². The third-order valence-electron chi connectivity index (χ3n) is 3.88. The summed E-state index contributed by atoms with van der Waals surface area (Å²) in [7, 11) is 0. The van der Waals surface area contributed by atoms with Gasteiger partial charge in [-0.1, -0.05) is 29.3 Å². The van der Waals surface area contributed by atoms with Gasteiger partial charge in [-0.3, -0.25) is 9.89 Å². The number of halogens is 4. The fraction of sp³-hybridized carbons (Fsp3) is 0.176. The molecular formula is C17H14Cl2F2N4OS. The molecule has 3 aromatic rings. The first-order valence-corrected chi connectivity index (χ1v) is 9.39. The Hall–Kier alpha value is -2.00. The quantitative estimate of drug-likeness (QED) is 0.551. The molecule has 0 aliphatic carbocycles. The summed E-state index contributed by atoms with van der Waals surface area (Å²) < 4.78 is 26.8. The van der Waals surface area contributed by atoms with Gasteiger partial charge in [0.25, 0.3) is 5.91 Å². The van der Waals surface area contributed by atoms with Crippen molar-refractivity contribution in [3.8, 4) is 11.1 Å². The second kappa shape index (κ2) is 8.35. The van der Waals surface area contributed by atoms with Crippen LogP contribution < -0.4 is 11.1 Å². The molecule has 1 unspecified atom stereocenters. The predicted molar refractivity (Wildman–Crippen MR) is 102 cm³/mol. The molecule has 142 valence electrons. The van der Waals surface area contributed by atoms with E-state index in [4.69, 9.17) is 28.9 Å². The lowest BCUT2D eigenvalue weighted by Gasteiger charge is -2.16. The number of carbonyl (C=O) groups excluding carboxylic acids is 1. The molecule has 0 aliphatic heterocycles. The van der Waals surface area contributed by atoms with Gasteiger partial charge in [-0.2, -0.15) is 5.10 Å². The lowest BCUT2D eigenvalue weighted by Crippen LogP contribution is -2.41. The van der Waals surface area contributed by atoms with Gasteiger partial charge in [-0.05, 0) is 30.2 Å². The Labute approximate surface area is 167 Å². The van der Waals surface area contributed by atoms with Crippen LogP contribution in [0.2, 0.25) is 9.49 Å². The van der Waals surface area contributed by atoms with Crippen LogP contribution in [-0.2, 0) is 6.42 Å². The number of thiophene rings is 1. The van der Waals surface area contributed by atoms with Gasteiger partial charge in [0.1, 0.15) is 9.49 Å². The van der Waals surface area contributed by atoms with Crippen molar-refractivity contribution in [2.75, 3.05) is 6.54 Å². The van der Waals surface area contributed by atoms with E-state index in [0.717, 1.165) is 23.5 Å². The maximum Gasteiger partial charge on any atom is 0.261 e. The fourth-order valence-corrected chi connectivity index (χ4v) is 3.93. The zero-order valence-electron chi connectivity index (χ0n) is 13.7. The number of nitrogens with zero attached hydrogens (tertiary/aromatic N) is 1. The molecule has 1 aromatic carbocycles. The van der Waals surface area contributed by atoms with Gasteiger partial charge in [0.05, 0.1) is 11.1 Å². The lowest BCUT2D eigenvalue weighted by atomic mass is 10.1. The molecule has 10 heteroatoms. The number of aromatic nitrogens is 2. The molecule has 5 nitrogen and oxygen atoms in total. The van der Waals surface area contributed by atoms with E-state index in [1.54, 1.807) is 6.07 Å². The third kappa shape index (κ3) is 4.47. The van der Waals surface area contributed by atoms with Gasteiger partial charge in [-0.25, -0.2) is 8.78 Å². The van der Waals surface area contributed by atoms with Crippen LogP contribution in [0.4, 0.5) is 8.78 Å². The highest BCUT2D eigenvalue weighted by atomic mass is 35.5. The molecule has 0 saturated carbocycles. The molecule has 2 aromatic heterocycles. The Morgan fingerprint density at radius 1 is 1.26 bits per heavy atom. The number of carbonyl (C=O) groups is 1. The normalized spacial score (nSPS) is 12.2. The maximum atomic E-state index is 13.4. The second-order valence-electron chi connectivity index (χ2n) is 5.75. The van der Waals surface area contributed by atoms with E-state index in [9.17, 15) is 13.6 Å². The minimum atomic E-state index is -0.943. The van der Waals surface area contributed by atoms with Crippen LogP contribution in [0.1, 0.15) is 15.2 Å². The first kappa shape index (κ1) is 19.8. The first-order chi connectivity index (χ1) is 12.9. The lowest BCUT2D eigenvalue weighted by molar-refractivity contribution is 0.0942. The average Bonchev–Trinajstić information content (AvgIpc) is 3.22. The van der Waals surface area contributed by atoms with E-state index in [1.165, 1.54) is 12.3 Å². The summed E-state index contributed by atoms with van der Waals surface area (Å²) in [6.45, 7) is 0.129. The molecule has 27 heavy (non-hydrogen) atoms. The van der Waals surface area contributed by atoms with E-state index in [0.29, 0.717) is 31.1 Å². The van der Waals surface area contributed by atoms with E-state index in [-0.39, 0.29) is 18.9 Å². The van der Waals surface area contributed by atoms with Crippen LogP contribution in [0, 0.1) is 11.6 Å². The number of benzene rings is 1. The highest BCUT2D eigenvalue weighted by Crippen LogP contribution is 2.38. The zero-order chi connectivity index (χ0) is 19.6. The molecule has 0 bridgehead atoms. The monoisotopic (exact) mass is 430 g/mol. The molecule has 0 spiro atoms. The summed E-state index contributed by atoms with van der Waals surface area (Å²) in [6.07, 6.45) is 1.78. The zero-order valence-corrected chi connectivity index (χ0v) is 16.1. The van der Waals surface area contributed by atoms with Gasteiger partial charge in [0.15, 0.2) is 11.6 Å². The third-order valence-corrected chi connectivity index (χ3v) is 5.52. The smallest absolute Gasteiger partial charge is 0.261 e. The number of rotatable bonds is 6. The molecule has 3 rings (SSSR count). The molecule has 2 heterocycles. The Morgan fingerprint density at radius 3 is 2.67 bits per heavy atom. The van der Waals surface area contributed by atoms with Crippen molar-refractivity contribution >= 4 is 40.4 Å². The van der Waals surface area contributed by atoms with Crippen LogP contribution >= 0.6 is 34.5 Å². The Bertz CT molecular complexity index is 976. The molecule has 1 atom stereocenters. The fourth-order valence-electron chi connectivity index (χ4n) is 2.52. The summed E-state index contributed by atoms with van der Waals surface area (Å²) >= 11 is 13.3. The topological polar surface area (TPSA) is 83.8 Å². The summed E-state index contributed by atoms with van der Waals surface area (Å²) in [5, 5.41) is 9.53. The van der Waals surface area contributed by atoms with Crippen LogP contribution in [0.25, 0.3) is 11.1 Å². The number of nitrogens with one attached hydrogen (secondary N) is 2. The van der Waals surface area contributed by atoms with Crippen molar-refractivity contribution in [2.24, 2.45) is 5.73 Å². The summed E-state index contributed by atoms with van der Waals surface area (Å²) in [4.78, 5) is 12.9. The summed E-state index contributed by atoms with van der Waals surface area (Å²) in [6, 6.07) is 4.74. The molecule has 4 N–H and O–H groups in total. The van der Waals surface area contributed by atoms with Gasteiger partial charge < -0.3 is 11.1 Å². The molecule has 0 fully saturated rings. The second-order valence-corrected chi connectivity index (χ2v) is 7.79. The van der Waals surface area contributed by atoms with Gasteiger partial charge in [0, 0.05) is 23.7 Å². The summed E-state index contributed by atoms with van der Waals surface area (Å²) in [5.41, 5.74) is 7.42. The molecule has 0 radical (unpaired) electrons. The van der Waals surface area contributed by atoms with Gasteiger partial charge in [-0.15, -0.1) is 11.3 Å². The van der Waals surface area contributed by atoms with E-state index >= 15 is 0 Å². The number of amides is 1. The van der Waals surface area contributed by atoms with E-state index < -0.39 is 17.7 Å². The predicted octanol–water partition coefficient (Wildman–Crippen LogP) is 4.02. The number of nitrogens with two attached hydrogens (primary N) is 1. The minimum absolute atomic E-state index is 0.129. The Kier molecular flexibility index (Phi) is 6.11. The summed E-state index contributed by atoms with van der Waals surface area (Å²) in [5.74, 6) is -2.24. The van der Waals surface area contributed by atoms with Crippen molar-refractivity contribution in [1.29, 1.82) is 0 Å². The minimum Gasteiger partial charge on any atom is -0.347 e. The van der Waals surface area contributed by atoms with Crippen molar-refractivity contribution in [1.82, 2.24) is 15.5 Å². The van der Waals surface area contributed by atoms with Crippen molar-refractivity contribution in [3.05, 3.63) is 62.0 Å². The first-order valence-electron chi connectivity index (χ1n) is 7.82. The van der Waals surface area contributed by atoms with Crippen LogP contribution in [-0.4, -0.2) is 28.7 Å². The van der Waals surface area contributed by atoms with Crippen molar-refractivity contribution in [3.63, 3.8) is 0 Å².